The summed E-state index contributed by atoms with van der Waals surface area (Å²) in [6.45, 7) is 7.60. The molecule has 0 spiro atoms. The maximum atomic E-state index is 14.0. The van der Waals surface area contributed by atoms with Crippen LogP contribution in [0.2, 0.25) is 0 Å². The van der Waals surface area contributed by atoms with Crippen molar-refractivity contribution in [2.24, 2.45) is 0 Å². The fraction of sp³-hybridized carbons (Fsp3) is 0.462. The average Bonchev–Trinajstić information content (AvgIpc) is 2.84. The van der Waals surface area contributed by atoms with Crippen molar-refractivity contribution in [3.05, 3.63) is 59.4 Å². The highest BCUT2D eigenvalue weighted by atomic mass is 19.1. The molecule has 1 unspecified atom stereocenters. The van der Waals surface area contributed by atoms with Crippen molar-refractivity contribution < 1.29 is 18.7 Å². The number of hydrogen-bond donors (Lipinski definition) is 1. The normalized spacial score (nSPS) is 15.6. The third kappa shape index (κ3) is 6.55. The minimum Gasteiger partial charge on any atom is -0.494 e. The van der Waals surface area contributed by atoms with Gasteiger partial charge in [0, 0.05) is 45.5 Å². The molecule has 0 aliphatic carbocycles. The third-order valence-electron chi connectivity index (χ3n) is 6.36. The molecular weight excluding hydrogens is 435 g/mol. The van der Waals surface area contributed by atoms with Gasteiger partial charge in [-0.1, -0.05) is 31.2 Å². The Labute approximate surface area is 201 Å². The molecule has 1 aliphatic rings. The summed E-state index contributed by atoms with van der Waals surface area (Å²) < 4.78 is 18.9. The van der Waals surface area contributed by atoms with Gasteiger partial charge in [-0.25, -0.2) is 4.39 Å². The van der Waals surface area contributed by atoms with Crippen LogP contribution in [0.15, 0.2) is 42.5 Å². The topological polar surface area (TPSA) is 65.1 Å². The van der Waals surface area contributed by atoms with E-state index in [4.69, 9.17) is 4.74 Å². The van der Waals surface area contributed by atoms with E-state index >= 15 is 0 Å². The van der Waals surface area contributed by atoms with Crippen LogP contribution in [-0.4, -0.2) is 79.4 Å². The Morgan fingerprint density at radius 1 is 1.15 bits per heavy atom. The Kier molecular flexibility index (Phi) is 9.01. The lowest BCUT2D eigenvalue weighted by molar-refractivity contribution is -0.138. The zero-order chi connectivity index (χ0) is 24.7. The average molecular weight is 471 g/mol. The van der Waals surface area contributed by atoms with Gasteiger partial charge in [0.25, 0.3) is 0 Å². The number of amides is 2. The van der Waals surface area contributed by atoms with Crippen molar-refractivity contribution in [1.82, 2.24) is 14.7 Å². The van der Waals surface area contributed by atoms with Gasteiger partial charge in [0.2, 0.25) is 11.8 Å². The highest BCUT2D eigenvalue weighted by Crippen LogP contribution is 2.20. The molecule has 1 fully saturated rings. The maximum absolute atomic E-state index is 14.0. The number of anilines is 1. The number of halogens is 1. The monoisotopic (exact) mass is 470 g/mol. The Morgan fingerprint density at radius 3 is 2.50 bits per heavy atom. The van der Waals surface area contributed by atoms with Crippen LogP contribution in [0.25, 0.3) is 0 Å². The summed E-state index contributed by atoms with van der Waals surface area (Å²) in [5.41, 5.74) is 2.75. The number of aryl methyl sites for hydroxylation is 1. The van der Waals surface area contributed by atoms with E-state index in [1.807, 2.05) is 44.2 Å². The third-order valence-corrected chi connectivity index (χ3v) is 6.36. The van der Waals surface area contributed by atoms with Crippen molar-refractivity contribution in [3.63, 3.8) is 0 Å². The largest absolute Gasteiger partial charge is 0.494 e. The lowest BCUT2D eigenvalue weighted by atomic mass is 10.1. The number of piperazine rings is 1. The summed E-state index contributed by atoms with van der Waals surface area (Å²) in [7, 11) is 3.12. The van der Waals surface area contributed by atoms with E-state index in [0.717, 1.165) is 49.4 Å². The van der Waals surface area contributed by atoms with Crippen molar-refractivity contribution in [2.75, 3.05) is 52.2 Å². The molecule has 1 heterocycles. The maximum Gasteiger partial charge on any atom is 0.243 e. The number of nitrogens with one attached hydrogen (secondary N) is 1. The highest BCUT2D eigenvalue weighted by Gasteiger charge is 2.28. The highest BCUT2D eigenvalue weighted by molar-refractivity contribution is 5.95. The molecule has 0 bridgehead atoms. The molecule has 2 amide bonds. The molecule has 0 saturated carbocycles. The smallest absolute Gasteiger partial charge is 0.243 e. The molecule has 1 aliphatic heterocycles. The lowest BCUT2D eigenvalue weighted by Gasteiger charge is -2.38. The summed E-state index contributed by atoms with van der Waals surface area (Å²) in [6, 6.07) is 12.4. The first-order valence-electron chi connectivity index (χ1n) is 11.7. The summed E-state index contributed by atoms with van der Waals surface area (Å²) in [5, 5.41) is 2.92. The molecule has 1 N–H and O–H groups in total. The van der Waals surface area contributed by atoms with E-state index in [0.29, 0.717) is 6.54 Å². The molecule has 0 aromatic heterocycles. The van der Waals surface area contributed by atoms with Crippen LogP contribution in [0.3, 0.4) is 0 Å². The molecule has 2 aromatic carbocycles. The molecule has 34 heavy (non-hydrogen) atoms. The van der Waals surface area contributed by atoms with E-state index in [2.05, 4.69) is 15.1 Å². The van der Waals surface area contributed by atoms with Gasteiger partial charge >= 0.3 is 0 Å². The van der Waals surface area contributed by atoms with Crippen LogP contribution in [-0.2, 0) is 22.6 Å². The first-order chi connectivity index (χ1) is 16.3. The van der Waals surface area contributed by atoms with Crippen LogP contribution in [0.1, 0.15) is 25.0 Å². The standard InChI is InChI=1S/C26H35FN4O3/c1-5-21-8-6-7-9-23(21)28-25(32)18-29(3)26(33)19(2)31-14-12-30(13-15-31)17-20-10-11-24(34-4)22(27)16-20/h6-11,16,19H,5,12-15,17-18H2,1-4H3,(H,28,32). The molecule has 8 heteroatoms. The second kappa shape index (κ2) is 11.9. The zero-order valence-electron chi connectivity index (χ0n) is 20.5. The fourth-order valence-electron chi connectivity index (χ4n) is 4.28. The molecule has 0 radical (unpaired) electrons. The molecule has 3 rings (SSSR count). The summed E-state index contributed by atoms with van der Waals surface area (Å²) in [6.07, 6.45) is 0.821. The van der Waals surface area contributed by atoms with Gasteiger partial charge in [-0.05, 0) is 42.7 Å². The number of methoxy groups -OCH3 is 1. The van der Waals surface area contributed by atoms with Crippen LogP contribution in [0.4, 0.5) is 10.1 Å². The minimum absolute atomic E-state index is 0.00419. The van der Waals surface area contributed by atoms with Crippen LogP contribution in [0, 0.1) is 5.82 Å². The van der Waals surface area contributed by atoms with E-state index in [1.165, 1.54) is 18.1 Å². The van der Waals surface area contributed by atoms with Gasteiger partial charge < -0.3 is 15.0 Å². The van der Waals surface area contributed by atoms with Crippen LogP contribution < -0.4 is 10.1 Å². The number of hydrogen-bond acceptors (Lipinski definition) is 5. The number of benzene rings is 2. The number of carbonyl (C=O) groups is 2. The van der Waals surface area contributed by atoms with Crippen molar-refractivity contribution in [1.29, 1.82) is 0 Å². The number of likely N-dealkylation sites (N-methyl/N-ethyl adjacent to an activating group) is 1. The first kappa shape index (κ1) is 25.6. The van der Waals surface area contributed by atoms with Gasteiger partial charge in [-0.2, -0.15) is 0 Å². The predicted molar refractivity (Wildman–Crippen MR) is 131 cm³/mol. The summed E-state index contributed by atoms with van der Waals surface area (Å²) >= 11 is 0. The van der Waals surface area contributed by atoms with Gasteiger partial charge in [0.15, 0.2) is 11.6 Å². The second-order valence-corrected chi connectivity index (χ2v) is 8.71. The molecule has 2 aromatic rings. The Balaban J connectivity index is 1.47. The van der Waals surface area contributed by atoms with E-state index in [1.54, 1.807) is 13.1 Å². The number of carbonyl (C=O) groups excluding carboxylic acids is 2. The quantitative estimate of drug-likeness (QED) is 0.611. The van der Waals surface area contributed by atoms with Crippen molar-refractivity contribution in [3.8, 4) is 5.75 Å². The van der Waals surface area contributed by atoms with E-state index < -0.39 is 0 Å². The zero-order valence-corrected chi connectivity index (χ0v) is 20.5. The Bertz CT molecular complexity index is 992. The van der Waals surface area contributed by atoms with E-state index in [-0.39, 0.29) is 36.0 Å². The Morgan fingerprint density at radius 2 is 1.85 bits per heavy atom. The second-order valence-electron chi connectivity index (χ2n) is 8.71. The number of rotatable bonds is 9. The van der Waals surface area contributed by atoms with Crippen LogP contribution >= 0.6 is 0 Å². The summed E-state index contributed by atoms with van der Waals surface area (Å²) in [5.74, 6) is -0.401. The number of ether oxygens (including phenoxy) is 1. The van der Waals surface area contributed by atoms with Gasteiger partial charge in [-0.3, -0.25) is 19.4 Å². The van der Waals surface area contributed by atoms with E-state index in [9.17, 15) is 14.0 Å². The van der Waals surface area contributed by atoms with Gasteiger partial charge in [-0.15, -0.1) is 0 Å². The molecule has 7 nitrogen and oxygen atoms in total. The minimum atomic E-state index is -0.358. The van der Waals surface area contributed by atoms with Crippen molar-refractivity contribution in [2.45, 2.75) is 32.9 Å². The molecule has 1 atom stereocenters. The lowest BCUT2D eigenvalue weighted by Crippen LogP contribution is -2.54. The SMILES string of the molecule is CCc1ccccc1NC(=O)CN(C)C(=O)C(C)N1CCN(Cc2ccc(OC)c(F)c2)CC1. The van der Waals surface area contributed by atoms with Crippen molar-refractivity contribution >= 4 is 17.5 Å². The van der Waals surface area contributed by atoms with Crippen LogP contribution in [0.5, 0.6) is 5.75 Å². The van der Waals surface area contributed by atoms with Gasteiger partial charge in [0.05, 0.1) is 19.7 Å². The fourth-order valence-corrected chi connectivity index (χ4v) is 4.28. The van der Waals surface area contributed by atoms with Gasteiger partial charge in [0.1, 0.15) is 0 Å². The number of nitrogens with zero attached hydrogens (tertiary/aromatic N) is 3. The first-order valence-corrected chi connectivity index (χ1v) is 11.7. The predicted octanol–water partition coefficient (Wildman–Crippen LogP) is 3.00. The molecule has 184 valence electrons. The molecular formula is C26H35FN4O3. The molecule has 1 saturated heterocycles. The number of para-hydroxylation sites is 1. The summed E-state index contributed by atoms with van der Waals surface area (Å²) in [4.78, 5) is 31.3. The Hall–Kier alpha value is -2.97.